The zero-order valence-corrected chi connectivity index (χ0v) is 10.7. The molecular weight excluding hydrogens is 198 g/mol. The third-order valence-electron chi connectivity index (χ3n) is 3.01. The summed E-state index contributed by atoms with van der Waals surface area (Å²) in [6.45, 7) is 8.39. The predicted molar refractivity (Wildman–Crippen MR) is 68.7 cm³/mol. The van der Waals surface area contributed by atoms with Gasteiger partial charge >= 0.3 is 0 Å². The molecule has 16 heavy (non-hydrogen) atoms. The third kappa shape index (κ3) is 3.53. The number of hydrogen-bond donors (Lipinski definition) is 2. The van der Waals surface area contributed by atoms with Gasteiger partial charge in [-0.1, -0.05) is 6.92 Å². The number of rotatable bonds is 4. The lowest BCUT2D eigenvalue weighted by molar-refractivity contribution is 0.468. The lowest BCUT2D eigenvalue weighted by atomic mass is 9.90. The molecule has 0 saturated heterocycles. The molecule has 0 spiro atoms. The summed E-state index contributed by atoms with van der Waals surface area (Å²) in [5.74, 6) is 0.945. The van der Waals surface area contributed by atoms with Gasteiger partial charge in [0.2, 0.25) is 0 Å². The first-order valence-electron chi connectivity index (χ1n) is 5.94. The van der Waals surface area contributed by atoms with Gasteiger partial charge in [0.05, 0.1) is 0 Å². The van der Waals surface area contributed by atoms with Crippen LogP contribution in [0.2, 0.25) is 0 Å². The fourth-order valence-electron chi connectivity index (χ4n) is 2.36. The van der Waals surface area contributed by atoms with Crippen molar-refractivity contribution in [3.8, 4) is 5.75 Å². The highest BCUT2D eigenvalue weighted by atomic mass is 16.3. The van der Waals surface area contributed by atoms with E-state index >= 15 is 0 Å². The summed E-state index contributed by atoms with van der Waals surface area (Å²) in [5.41, 5.74) is 9.51. The van der Waals surface area contributed by atoms with Crippen molar-refractivity contribution in [2.45, 2.75) is 46.6 Å². The Morgan fingerprint density at radius 3 is 2.12 bits per heavy atom. The molecule has 2 unspecified atom stereocenters. The molecule has 1 aromatic rings. The van der Waals surface area contributed by atoms with Crippen molar-refractivity contribution < 1.29 is 5.11 Å². The summed E-state index contributed by atoms with van der Waals surface area (Å²) < 4.78 is 0. The smallest absolute Gasteiger partial charge is 0.116 e. The summed E-state index contributed by atoms with van der Waals surface area (Å²) in [4.78, 5) is 0. The Bertz CT molecular complexity index is 335. The van der Waals surface area contributed by atoms with Gasteiger partial charge in [-0.3, -0.25) is 0 Å². The van der Waals surface area contributed by atoms with Gasteiger partial charge in [0.25, 0.3) is 0 Å². The molecule has 0 aliphatic rings. The largest absolute Gasteiger partial charge is 0.508 e. The molecule has 0 saturated carbocycles. The summed E-state index contributed by atoms with van der Waals surface area (Å²) in [5, 5.41) is 9.48. The number of hydrogen-bond acceptors (Lipinski definition) is 2. The van der Waals surface area contributed by atoms with E-state index in [1.54, 1.807) is 0 Å². The van der Waals surface area contributed by atoms with Gasteiger partial charge in [-0.2, -0.15) is 0 Å². The maximum absolute atomic E-state index is 9.48. The molecule has 2 heteroatoms. The number of nitrogens with two attached hydrogens (primary N) is 1. The molecule has 0 aliphatic heterocycles. The van der Waals surface area contributed by atoms with Gasteiger partial charge < -0.3 is 10.8 Å². The maximum atomic E-state index is 9.48. The molecule has 0 fully saturated rings. The van der Waals surface area contributed by atoms with E-state index in [-0.39, 0.29) is 6.04 Å². The highest BCUT2D eigenvalue weighted by molar-refractivity contribution is 5.40. The van der Waals surface area contributed by atoms with E-state index in [0.29, 0.717) is 11.7 Å². The SMILES string of the molecule is Cc1cc(O)cc(C)c1CC(C)CC(C)N. The molecule has 90 valence electrons. The van der Waals surface area contributed by atoms with Crippen LogP contribution >= 0.6 is 0 Å². The van der Waals surface area contributed by atoms with Crippen LogP contribution in [0.1, 0.15) is 37.0 Å². The van der Waals surface area contributed by atoms with Crippen molar-refractivity contribution >= 4 is 0 Å². The second-order valence-electron chi connectivity index (χ2n) is 5.08. The van der Waals surface area contributed by atoms with Crippen LogP contribution in [0.5, 0.6) is 5.75 Å². The van der Waals surface area contributed by atoms with Gasteiger partial charge in [0.15, 0.2) is 0 Å². The predicted octanol–water partition coefficient (Wildman–Crippen LogP) is 2.92. The Kier molecular flexibility index (Phi) is 4.36. The van der Waals surface area contributed by atoms with Gasteiger partial charge in [-0.15, -0.1) is 0 Å². The van der Waals surface area contributed by atoms with Gasteiger partial charge in [0.1, 0.15) is 5.75 Å². The Morgan fingerprint density at radius 1 is 1.19 bits per heavy atom. The number of phenolic OH excluding ortho intramolecular Hbond substituents is 1. The Balaban J connectivity index is 2.81. The van der Waals surface area contributed by atoms with E-state index in [1.165, 1.54) is 16.7 Å². The van der Waals surface area contributed by atoms with Crippen LogP contribution in [0.15, 0.2) is 12.1 Å². The molecule has 2 atom stereocenters. The standard InChI is InChI=1S/C14H23NO/c1-9(5-12(4)15)6-14-10(2)7-13(16)8-11(14)3/h7-9,12,16H,5-6,15H2,1-4H3. The second-order valence-corrected chi connectivity index (χ2v) is 5.08. The number of benzene rings is 1. The monoisotopic (exact) mass is 221 g/mol. The normalized spacial score (nSPS) is 14.8. The van der Waals surface area contributed by atoms with Crippen LogP contribution in [0.25, 0.3) is 0 Å². The molecule has 1 aromatic carbocycles. The summed E-state index contributed by atoms with van der Waals surface area (Å²) in [6.07, 6.45) is 2.08. The first-order valence-corrected chi connectivity index (χ1v) is 5.94. The van der Waals surface area contributed by atoms with Crippen LogP contribution in [0, 0.1) is 19.8 Å². The average Bonchev–Trinajstić information content (AvgIpc) is 2.09. The van der Waals surface area contributed by atoms with Crippen molar-refractivity contribution in [1.82, 2.24) is 0 Å². The lowest BCUT2D eigenvalue weighted by Gasteiger charge is -2.17. The van der Waals surface area contributed by atoms with Crippen molar-refractivity contribution in [3.05, 3.63) is 28.8 Å². The van der Waals surface area contributed by atoms with Gasteiger partial charge in [0, 0.05) is 6.04 Å². The molecule has 0 bridgehead atoms. The number of aryl methyl sites for hydroxylation is 2. The van der Waals surface area contributed by atoms with E-state index < -0.39 is 0 Å². The third-order valence-corrected chi connectivity index (χ3v) is 3.01. The minimum Gasteiger partial charge on any atom is -0.508 e. The maximum Gasteiger partial charge on any atom is 0.116 e. The van der Waals surface area contributed by atoms with Crippen LogP contribution in [0.3, 0.4) is 0 Å². The molecule has 0 heterocycles. The van der Waals surface area contributed by atoms with Crippen LogP contribution < -0.4 is 5.73 Å². The van der Waals surface area contributed by atoms with Crippen molar-refractivity contribution in [2.24, 2.45) is 11.7 Å². The lowest BCUT2D eigenvalue weighted by Crippen LogP contribution is -2.19. The minimum absolute atomic E-state index is 0.257. The summed E-state index contributed by atoms with van der Waals surface area (Å²) in [7, 11) is 0. The second kappa shape index (κ2) is 5.35. The van der Waals surface area contributed by atoms with Gasteiger partial charge in [-0.05, 0) is 68.4 Å². The van der Waals surface area contributed by atoms with Gasteiger partial charge in [-0.25, -0.2) is 0 Å². The first-order chi connectivity index (χ1) is 7.40. The van der Waals surface area contributed by atoms with Crippen LogP contribution in [-0.2, 0) is 6.42 Å². The molecule has 3 N–H and O–H groups in total. The first kappa shape index (κ1) is 13.0. The van der Waals surface area contributed by atoms with E-state index in [2.05, 4.69) is 20.8 Å². The van der Waals surface area contributed by atoms with Crippen LogP contribution in [0.4, 0.5) is 0 Å². The van der Waals surface area contributed by atoms with Crippen molar-refractivity contribution in [2.75, 3.05) is 0 Å². The van der Waals surface area contributed by atoms with Crippen LogP contribution in [-0.4, -0.2) is 11.1 Å². The highest BCUT2D eigenvalue weighted by Crippen LogP contribution is 2.24. The Labute approximate surface area is 98.5 Å². The van der Waals surface area contributed by atoms with E-state index in [0.717, 1.165) is 12.8 Å². The Hall–Kier alpha value is -1.02. The molecule has 0 amide bonds. The minimum atomic E-state index is 0.257. The van der Waals surface area contributed by atoms with Crippen molar-refractivity contribution in [3.63, 3.8) is 0 Å². The average molecular weight is 221 g/mol. The Morgan fingerprint density at radius 2 is 1.69 bits per heavy atom. The molecule has 0 aromatic heterocycles. The molecular formula is C14H23NO. The topological polar surface area (TPSA) is 46.2 Å². The fraction of sp³-hybridized carbons (Fsp3) is 0.571. The molecule has 1 rings (SSSR count). The molecule has 2 nitrogen and oxygen atoms in total. The quantitative estimate of drug-likeness (QED) is 0.821. The zero-order valence-electron chi connectivity index (χ0n) is 10.7. The number of aromatic hydroxyl groups is 1. The summed E-state index contributed by atoms with van der Waals surface area (Å²) >= 11 is 0. The van der Waals surface area contributed by atoms with E-state index in [9.17, 15) is 5.11 Å². The zero-order chi connectivity index (χ0) is 12.3. The van der Waals surface area contributed by atoms with Crippen molar-refractivity contribution in [1.29, 1.82) is 0 Å². The van der Waals surface area contributed by atoms with E-state index in [1.807, 2.05) is 19.1 Å². The fourth-order valence-corrected chi connectivity index (χ4v) is 2.36. The van der Waals surface area contributed by atoms with E-state index in [4.69, 9.17) is 5.73 Å². The molecule has 0 aliphatic carbocycles. The number of phenols is 1. The summed E-state index contributed by atoms with van der Waals surface area (Å²) in [6, 6.07) is 3.93. The molecule has 0 radical (unpaired) electrons. The highest BCUT2D eigenvalue weighted by Gasteiger charge is 2.11.